The maximum Gasteiger partial charge on any atom is 0.0891 e. The maximum atomic E-state index is 10.1. The van der Waals surface area contributed by atoms with Gasteiger partial charge in [0.1, 0.15) is 0 Å². The van der Waals surface area contributed by atoms with Gasteiger partial charge in [-0.1, -0.05) is 37.4 Å². The van der Waals surface area contributed by atoms with Crippen LogP contribution in [0.3, 0.4) is 0 Å². The molecule has 1 aromatic carbocycles. The second-order valence-electron chi connectivity index (χ2n) is 4.62. The van der Waals surface area contributed by atoms with E-state index >= 15 is 0 Å². The number of benzene rings is 1. The minimum atomic E-state index is -0.473. The van der Waals surface area contributed by atoms with Gasteiger partial charge in [0, 0.05) is 24.0 Å². The number of aromatic nitrogens is 1. The number of allylic oxidation sites excluding steroid dienone is 3. The summed E-state index contributed by atoms with van der Waals surface area (Å²) >= 11 is 0. The summed E-state index contributed by atoms with van der Waals surface area (Å²) in [6.07, 6.45) is 6.75. The standard InChI is InChI=1S/C17H20N2O/c1-3-7-15(4-2)18-12-16(20)13-19-11-10-14-8-5-6-9-17(14)19/h3-11,16,18,20H,1-2,12-13H2/b15-7+. The van der Waals surface area contributed by atoms with Gasteiger partial charge in [-0.25, -0.2) is 0 Å². The van der Waals surface area contributed by atoms with Crippen LogP contribution < -0.4 is 5.32 Å². The molecule has 1 atom stereocenters. The van der Waals surface area contributed by atoms with E-state index in [1.807, 2.05) is 24.4 Å². The monoisotopic (exact) mass is 268 g/mol. The van der Waals surface area contributed by atoms with Gasteiger partial charge < -0.3 is 15.0 Å². The molecule has 3 heteroatoms. The molecule has 0 radical (unpaired) electrons. The number of hydrogen-bond donors (Lipinski definition) is 2. The number of rotatable bonds is 7. The fraction of sp³-hybridized carbons (Fsp3) is 0.176. The van der Waals surface area contributed by atoms with Gasteiger partial charge in [-0.3, -0.25) is 0 Å². The Morgan fingerprint density at radius 2 is 2.10 bits per heavy atom. The fourth-order valence-corrected chi connectivity index (χ4v) is 2.15. The van der Waals surface area contributed by atoms with Crippen molar-refractivity contribution in [2.75, 3.05) is 6.54 Å². The van der Waals surface area contributed by atoms with Gasteiger partial charge in [0.2, 0.25) is 0 Å². The van der Waals surface area contributed by atoms with Crippen LogP contribution in [0.25, 0.3) is 10.9 Å². The van der Waals surface area contributed by atoms with Crippen molar-refractivity contribution in [3.63, 3.8) is 0 Å². The van der Waals surface area contributed by atoms with E-state index in [0.29, 0.717) is 13.1 Å². The number of fused-ring (bicyclic) bond motifs is 1. The average molecular weight is 268 g/mol. The largest absolute Gasteiger partial charge is 0.389 e. The number of nitrogens with one attached hydrogen (secondary N) is 1. The number of aliphatic hydroxyl groups is 1. The lowest BCUT2D eigenvalue weighted by atomic mass is 10.2. The van der Waals surface area contributed by atoms with E-state index in [1.165, 1.54) is 5.39 Å². The van der Waals surface area contributed by atoms with Crippen molar-refractivity contribution in [3.05, 3.63) is 73.6 Å². The lowest BCUT2D eigenvalue weighted by molar-refractivity contribution is 0.156. The Labute approximate surface area is 119 Å². The van der Waals surface area contributed by atoms with Gasteiger partial charge >= 0.3 is 0 Å². The van der Waals surface area contributed by atoms with Crippen molar-refractivity contribution in [2.24, 2.45) is 0 Å². The normalized spacial score (nSPS) is 13.2. The fourth-order valence-electron chi connectivity index (χ4n) is 2.15. The van der Waals surface area contributed by atoms with Crippen LogP contribution in [-0.4, -0.2) is 22.3 Å². The van der Waals surface area contributed by atoms with Crippen LogP contribution >= 0.6 is 0 Å². The summed E-state index contributed by atoms with van der Waals surface area (Å²) in [5.41, 5.74) is 1.99. The molecule has 1 unspecified atom stereocenters. The molecular weight excluding hydrogens is 248 g/mol. The Kier molecular flexibility index (Phi) is 4.80. The van der Waals surface area contributed by atoms with Crippen molar-refractivity contribution in [2.45, 2.75) is 12.6 Å². The second-order valence-corrected chi connectivity index (χ2v) is 4.62. The summed E-state index contributed by atoms with van der Waals surface area (Å²) in [4.78, 5) is 0. The number of nitrogens with zero attached hydrogens (tertiary/aromatic N) is 1. The number of aliphatic hydroxyl groups excluding tert-OH is 1. The first-order chi connectivity index (χ1) is 9.74. The quantitative estimate of drug-likeness (QED) is 0.758. The van der Waals surface area contributed by atoms with Gasteiger partial charge in [-0.15, -0.1) is 0 Å². The molecular formula is C17H20N2O. The lowest BCUT2D eigenvalue weighted by Gasteiger charge is -2.15. The van der Waals surface area contributed by atoms with Gasteiger partial charge in [-0.2, -0.15) is 0 Å². The Hall–Kier alpha value is -2.26. The highest BCUT2D eigenvalue weighted by Crippen LogP contribution is 2.15. The van der Waals surface area contributed by atoms with Crippen LogP contribution in [0.1, 0.15) is 0 Å². The number of hydrogen-bond acceptors (Lipinski definition) is 2. The summed E-state index contributed by atoms with van der Waals surface area (Å²) in [6, 6.07) is 10.2. The van der Waals surface area contributed by atoms with E-state index in [0.717, 1.165) is 11.2 Å². The Morgan fingerprint density at radius 3 is 2.85 bits per heavy atom. The lowest BCUT2D eigenvalue weighted by Crippen LogP contribution is -2.29. The third kappa shape index (κ3) is 3.39. The van der Waals surface area contributed by atoms with Crippen molar-refractivity contribution in [1.82, 2.24) is 9.88 Å². The molecule has 0 amide bonds. The molecule has 0 bridgehead atoms. The molecule has 104 valence electrons. The molecule has 3 nitrogen and oxygen atoms in total. The zero-order chi connectivity index (χ0) is 14.4. The molecule has 0 saturated heterocycles. The van der Waals surface area contributed by atoms with Crippen LogP contribution in [0.5, 0.6) is 0 Å². The zero-order valence-corrected chi connectivity index (χ0v) is 11.5. The minimum absolute atomic E-state index is 0.470. The van der Waals surface area contributed by atoms with Crippen molar-refractivity contribution < 1.29 is 5.11 Å². The predicted octanol–water partition coefficient (Wildman–Crippen LogP) is 2.85. The molecule has 0 aliphatic rings. The van der Waals surface area contributed by atoms with Crippen LogP contribution in [0, 0.1) is 0 Å². The van der Waals surface area contributed by atoms with Crippen molar-refractivity contribution in [1.29, 1.82) is 0 Å². The Bertz CT molecular complexity index is 625. The van der Waals surface area contributed by atoms with Crippen molar-refractivity contribution in [3.8, 4) is 0 Å². The third-order valence-corrected chi connectivity index (χ3v) is 3.15. The molecule has 2 rings (SSSR count). The van der Waals surface area contributed by atoms with Gasteiger partial charge in [0.25, 0.3) is 0 Å². The molecule has 0 aliphatic carbocycles. The zero-order valence-electron chi connectivity index (χ0n) is 11.5. The molecule has 0 aliphatic heterocycles. The highest BCUT2D eigenvalue weighted by molar-refractivity contribution is 5.79. The SMILES string of the molecule is C=C/C=C(\C=C)NCC(O)Cn1ccc2ccccc21. The minimum Gasteiger partial charge on any atom is -0.389 e. The van der Waals surface area contributed by atoms with Gasteiger partial charge in [0.15, 0.2) is 0 Å². The summed E-state index contributed by atoms with van der Waals surface area (Å²) in [5.74, 6) is 0. The van der Waals surface area contributed by atoms with E-state index in [1.54, 1.807) is 12.2 Å². The van der Waals surface area contributed by atoms with Crippen LogP contribution in [0.4, 0.5) is 0 Å². The summed E-state index contributed by atoms with van der Waals surface area (Å²) in [6.45, 7) is 8.37. The molecule has 0 fully saturated rings. The highest BCUT2D eigenvalue weighted by atomic mass is 16.3. The average Bonchev–Trinajstić information content (AvgIpc) is 2.87. The third-order valence-electron chi connectivity index (χ3n) is 3.15. The van der Waals surface area contributed by atoms with E-state index in [-0.39, 0.29) is 0 Å². The van der Waals surface area contributed by atoms with E-state index in [4.69, 9.17) is 0 Å². The van der Waals surface area contributed by atoms with E-state index in [2.05, 4.69) is 41.2 Å². The topological polar surface area (TPSA) is 37.2 Å². The smallest absolute Gasteiger partial charge is 0.0891 e. The van der Waals surface area contributed by atoms with Crippen molar-refractivity contribution >= 4 is 10.9 Å². The first kappa shape index (κ1) is 14.2. The molecule has 0 spiro atoms. The predicted molar refractivity (Wildman–Crippen MR) is 84.4 cm³/mol. The number of para-hydroxylation sites is 1. The maximum absolute atomic E-state index is 10.1. The Balaban J connectivity index is 1.98. The molecule has 1 aromatic heterocycles. The van der Waals surface area contributed by atoms with Gasteiger partial charge in [-0.05, 0) is 29.7 Å². The first-order valence-corrected chi connectivity index (χ1v) is 6.65. The van der Waals surface area contributed by atoms with Gasteiger partial charge in [0.05, 0.1) is 12.6 Å². The summed E-state index contributed by atoms with van der Waals surface area (Å²) in [5, 5.41) is 14.4. The highest BCUT2D eigenvalue weighted by Gasteiger charge is 2.07. The molecule has 0 saturated carbocycles. The van der Waals surface area contributed by atoms with Crippen LogP contribution in [-0.2, 0) is 6.54 Å². The second kappa shape index (κ2) is 6.78. The molecule has 2 aromatic rings. The molecule has 1 heterocycles. The molecule has 20 heavy (non-hydrogen) atoms. The van der Waals surface area contributed by atoms with E-state index in [9.17, 15) is 5.11 Å². The molecule has 2 N–H and O–H groups in total. The first-order valence-electron chi connectivity index (χ1n) is 6.65. The van der Waals surface area contributed by atoms with Crippen LogP contribution in [0.15, 0.2) is 73.6 Å². The Morgan fingerprint density at radius 1 is 1.30 bits per heavy atom. The summed E-state index contributed by atoms with van der Waals surface area (Å²) < 4.78 is 2.06. The summed E-state index contributed by atoms with van der Waals surface area (Å²) in [7, 11) is 0. The van der Waals surface area contributed by atoms with E-state index < -0.39 is 6.10 Å². The van der Waals surface area contributed by atoms with Crippen LogP contribution in [0.2, 0.25) is 0 Å².